The standard InChI is InChI=1S/C19H21NO/c1-4-21-17-9-10-18-16(11-17)12-19(20-18)15-7-5-14(6-8-15)13(2)3/h5-13,20H,4H2,1-3H3. The van der Waals surface area contributed by atoms with E-state index < -0.39 is 0 Å². The maximum atomic E-state index is 5.56. The summed E-state index contributed by atoms with van der Waals surface area (Å²) in [7, 11) is 0. The van der Waals surface area contributed by atoms with E-state index >= 15 is 0 Å². The van der Waals surface area contributed by atoms with E-state index in [1.54, 1.807) is 0 Å². The van der Waals surface area contributed by atoms with Gasteiger partial charge in [-0.05, 0) is 48.2 Å². The summed E-state index contributed by atoms with van der Waals surface area (Å²) in [6, 6.07) is 17.1. The third-order valence-corrected chi connectivity index (χ3v) is 3.79. The molecule has 0 saturated heterocycles. The third kappa shape index (κ3) is 2.80. The summed E-state index contributed by atoms with van der Waals surface area (Å²) < 4.78 is 5.56. The summed E-state index contributed by atoms with van der Waals surface area (Å²) in [5.74, 6) is 1.49. The summed E-state index contributed by atoms with van der Waals surface area (Å²) >= 11 is 0. The Bertz CT molecular complexity index is 738. The van der Waals surface area contributed by atoms with Crippen LogP contribution in [0.2, 0.25) is 0 Å². The molecule has 0 bridgehead atoms. The Hall–Kier alpha value is -2.22. The van der Waals surface area contributed by atoms with Gasteiger partial charge in [0, 0.05) is 16.6 Å². The SMILES string of the molecule is CCOc1ccc2[nH]c(-c3ccc(C(C)C)cc3)cc2c1. The predicted molar refractivity (Wildman–Crippen MR) is 89.0 cm³/mol. The molecule has 3 rings (SSSR count). The van der Waals surface area contributed by atoms with E-state index in [4.69, 9.17) is 4.74 Å². The number of hydrogen-bond acceptors (Lipinski definition) is 1. The third-order valence-electron chi connectivity index (χ3n) is 3.79. The molecule has 0 saturated carbocycles. The fourth-order valence-corrected chi connectivity index (χ4v) is 2.57. The molecule has 1 aromatic heterocycles. The molecule has 0 spiro atoms. The van der Waals surface area contributed by atoms with E-state index in [1.807, 2.05) is 13.0 Å². The first-order valence-electron chi connectivity index (χ1n) is 7.53. The number of benzene rings is 2. The molecular formula is C19H21NO. The van der Waals surface area contributed by atoms with Crippen LogP contribution in [0.15, 0.2) is 48.5 Å². The molecule has 21 heavy (non-hydrogen) atoms. The van der Waals surface area contributed by atoms with Crippen molar-refractivity contribution in [1.82, 2.24) is 4.98 Å². The molecule has 3 aromatic rings. The summed E-state index contributed by atoms with van der Waals surface area (Å²) in [6.07, 6.45) is 0. The van der Waals surface area contributed by atoms with Gasteiger partial charge in [0.15, 0.2) is 0 Å². The van der Waals surface area contributed by atoms with Gasteiger partial charge < -0.3 is 9.72 Å². The van der Waals surface area contributed by atoms with E-state index in [0.29, 0.717) is 12.5 Å². The minimum atomic E-state index is 0.565. The molecule has 0 radical (unpaired) electrons. The second-order valence-electron chi connectivity index (χ2n) is 5.64. The Morgan fingerprint density at radius 3 is 2.43 bits per heavy atom. The number of H-pyrrole nitrogens is 1. The Kier molecular flexibility index (Phi) is 3.70. The lowest BCUT2D eigenvalue weighted by Gasteiger charge is -2.05. The van der Waals surface area contributed by atoms with Gasteiger partial charge in [0.1, 0.15) is 5.75 Å². The fraction of sp³-hybridized carbons (Fsp3) is 0.263. The average Bonchev–Trinajstić information content (AvgIpc) is 2.91. The van der Waals surface area contributed by atoms with Crippen LogP contribution < -0.4 is 4.74 Å². The molecule has 108 valence electrons. The summed E-state index contributed by atoms with van der Waals surface area (Å²) in [5, 5.41) is 1.18. The van der Waals surface area contributed by atoms with Gasteiger partial charge in [-0.2, -0.15) is 0 Å². The summed E-state index contributed by atoms with van der Waals surface area (Å²) in [5.41, 5.74) is 4.87. The number of aromatic nitrogens is 1. The van der Waals surface area contributed by atoms with Crippen molar-refractivity contribution in [2.75, 3.05) is 6.61 Å². The zero-order valence-electron chi connectivity index (χ0n) is 12.8. The molecule has 1 N–H and O–H groups in total. The molecule has 0 fully saturated rings. The highest BCUT2D eigenvalue weighted by atomic mass is 16.5. The van der Waals surface area contributed by atoms with Gasteiger partial charge in [0.2, 0.25) is 0 Å². The molecule has 2 heteroatoms. The second-order valence-corrected chi connectivity index (χ2v) is 5.64. The molecule has 0 unspecified atom stereocenters. The molecule has 0 aliphatic carbocycles. The van der Waals surface area contributed by atoms with Crippen molar-refractivity contribution < 1.29 is 4.74 Å². The van der Waals surface area contributed by atoms with E-state index in [2.05, 4.69) is 61.3 Å². The van der Waals surface area contributed by atoms with Gasteiger partial charge in [0.25, 0.3) is 0 Å². The minimum Gasteiger partial charge on any atom is -0.494 e. The monoisotopic (exact) mass is 279 g/mol. The van der Waals surface area contributed by atoms with E-state index in [9.17, 15) is 0 Å². The Morgan fingerprint density at radius 2 is 1.76 bits per heavy atom. The van der Waals surface area contributed by atoms with Gasteiger partial charge >= 0.3 is 0 Å². The number of ether oxygens (including phenoxy) is 1. The highest BCUT2D eigenvalue weighted by Gasteiger charge is 2.05. The molecule has 0 aliphatic rings. The van der Waals surface area contributed by atoms with Crippen LogP contribution in [0.3, 0.4) is 0 Å². The van der Waals surface area contributed by atoms with Crippen LogP contribution in [0, 0.1) is 0 Å². The molecule has 0 atom stereocenters. The fourth-order valence-electron chi connectivity index (χ4n) is 2.57. The molecule has 2 nitrogen and oxygen atoms in total. The molecule has 1 heterocycles. The van der Waals surface area contributed by atoms with Gasteiger partial charge in [-0.15, -0.1) is 0 Å². The van der Waals surface area contributed by atoms with E-state index in [1.165, 1.54) is 16.5 Å². The van der Waals surface area contributed by atoms with Crippen molar-refractivity contribution in [1.29, 1.82) is 0 Å². The van der Waals surface area contributed by atoms with Gasteiger partial charge in [-0.3, -0.25) is 0 Å². The van der Waals surface area contributed by atoms with Crippen LogP contribution in [0.1, 0.15) is 32.3 Å². The van der Waals surface area contributed by atoms with Crippen LogP contribution in [-0.2, 0) is 0 Å². The first-order chi connectivity index (χ1) is 10.2. The Balaban J connectivity index is 1.96. The van der Waals surface area contributed by atoms with Crippen molar-refractivity contribution in [3.63, 3.8) is 0 Å². The maximum Gasteiger partial charge on any atom is 0.120 e. The number of aromatic amines is 1. The number of rotatable bonds is 4. The lowest BCUT2D eigenvalue weighted by molar-refractivity contribution is 0.341. The van der Waals surface area contributed by atoms with Crippen molar-refractivity contribution in [3.8, 4) is 17.0 Å². The van der Waals surface area contributed by atoms with Gasteiger partial charge in [0.05, 0.1) is 6.61 Å². The molecule has 0 amide bonds. The second kappa shape index (κ2) is 5.65. The zero-order chi connectivity index (χ0) is 14.8. The van der Waals surface area contributed by atoms with E-state index in [0.717, 1.165) is 17.0 Å². The average molecular weight is 279 g/mol. The van der Waals surface area contributed by atoms with E-state index in [-0.39, 0.29) is 0 Å². The molecule has 2 aromatic carbocycles. The van der Waals surface area contributed by atoms with Crippen molar-refractivity contribution >= 4 is 10.9 Å². The van der Waals surface area contributed by atoms with Crippen LogP contribution in [0.25, 0.3) is 22.2 Å². The maximum absolute atomic E-state index is 5.56. The summed E-state index contributed by atoms with van der Waals surface area (Å²) in [4.78, 5) is 3.47. The van der Waals surface area contributed by atoms with Crippen LogP contribution in [-0.4, -0.2) is 11.6 Å². The normalized spacial score (nSPS) is 11.2. The van der Waals surface area contributed by atoms with Crippen LogP contribution in [0.5, 0.6) is 5.75 Å². The van der Waals surface area contributed by atoms with Crippen molar-refractivity contribution in [3.05, 3.63) is 54.1 Å². The smallest absolute Gasteiger partial charge is 0.120 e. The molecular weight excluding hydrogens is 258 g/mol. The first-order valence-corrected chi connectivity index (χ1v) is 7.53. The van der Waals surface area contributed by atoms with Crippen molar-refractivity contribution in [2.24, 2.45) is 0 Å². The lowest BCUT2D eigenvalue weighted by Crippen LogP contribution is -1.90. The molecule has 0 aliphatic heterocycles. The number of nitrogens with one attached hydrogen (secondary N) is 1. The zero-order valence-corrected chi connectivity index (χ0v) is 12.8. The van der Waals surface area contributed by atoms with Crippen LogP contribution in [0.4, 0.5) is 0 Å². The largest absolute Gasteiger partial charge is 0.494 e. The summed E-state index contributed by atoms with van der Waals surface area (Å²) in [6.45, 7) is 7.13. The number of fused-ring (bicyclic) bond motifs is 1. The van der Waals surface area contributed by atoms with Crippen molar-refractivity contribution in [2.45, 2.75) is 26.7 Å². The highest BCUT2D eigenvalue weighted by molar-refractivity contribution is 5.87. The Morgan fingerprint density at radius 1 is 1.00 bits per heavy atom. The lowest BCUT2D eigenvalue weighted by atomic mass is 10.0. The minimum absolute atomic E-state index is 0.565. The number of hydrogen-bond donors (Lipinski definition) is 1. The first kappa shape index (κ1) is 13.7. The van der Waals surface area contributed by atoms with Gasteiger partial charge in [-0.1, -0.05) is 38.1 Å². The Labute approximate surface area is 125 Å². The van der Waals surface area contributed by atoms with Crippen LogP contribution >= 0.6 is 0 Å². The topological polar surface area (TPSA) is 25.0 Å². The highest BCUT2D eigenvalue weighted by Crippen LogP contribution is 2.28. The predicted octanol–water partition coefficient (Wildman–Crippen LogP) is 5.36. The van der Waals surface area contributed by atoms with Gasteiger partial charge in [-0.25, -0.2) is 0 Å². The quantitative estimate of drug-likeness (QED) is 0.683.